The summed E-state index contributed by atoms with van der Waals surface area (Å²) in [6, 6.07) is 0.288. The largest absolute Gasteiger partial charge is 0.465 e. The van der Waals surface area contributed by atoms with Gasteiger partial charge in [0.2, 0.25) is 5.95 Å². The van der Waals surface area contributed by atoms with Crippen molar-refractivity contribution >= 4 is 35.0 Å². The van der Waals surface area contributed by atoms with E-state index in [9.17, 15) is 9.59 Å². The number of rotatable bonds is 10. The first-order valence-electron chi connectivity index (χ1n) is 12.4. The molecule has 34 heavy (non-hydrogen) atoms. The van der Waals surface area contributed by atoms with Crippen LogP contribution in [0.2, 0.25) is 0 Å². The maximum absolute atomic E-state index is 13.1. The molecular weight excluding hydrogens is 436 g/mol. The lowest BCUT2D eigenvalue weighted by Crippen LogP contribution is -2.38. The number of hydrogen-bond acceptors (Lipinski definition) is 8. The number of aromatic nitrogens is 4. The van der Waals surface area contributed by atoms with E-state index in [2.05, 4.69) is 22.2 Å². The number of nitrogens with zero attached hydrogens (tertiary/aromatic N) is 5. The minimum absolute atomic E-state index is 0.0219. The van der Waals surface area contributed by atoms with Crippen LogP contribution in [-0.2, 0) is 20.8 Å². The summed E-state index contributed by atoms with van der Waals surface area (Å²) in [5, 5.41) is 3.50. The van der Waals surface area contributed by atoms with Crippen LogP contribution in [0.5, 0.6) is 0 Å². The summed E-state index contributed by atoms with van der Waals surface area (Å²) in [6.07, 6.45) is 8.28. The maximum Gasteiger partial charge on any atom is 0.417 e. The Labute approximate surface area is 201 Å². The highest BCUT2D eigenvalue weighted by atomic mass is 16.6. The molecule has 0 aromatic carbocycles. The van der Waals surface area contributed by atoms with E-state index in [1.807, 2.05) is 20.8 Å². The molecule has 1 aliphatic carbocycles. The Kier molecular flexibility index (Phi) is 8.68. The Bertz CT molecular complexity index is 978. The van der Waals surface area contributed by atoms with E-state index in [4.69, 9.17) is 14.5 Å². The molecular formula is C24H38N6O4. The topological polar surface area (TPSA) is 111 Å². The van der Waals surface area contributed by atoms with Crippen LogP contribution >= 0.6 is 0 Å². The molecule has 0 spiro atoms. The minimum atomic E-state index is -0.652. The van der Waals surface area contributed by atoms with Crippen molar-refractivity contribution in [1.29, 1.82) is 0 Å². The summed E-state index contributed by atoms with van der Waals surface area (Å²) in [6.45, 7) is 10.1. The third kappa shape index (κ3) is 6.80. The Hall–Kier alpha value is -2.91. The van der Waals surface area contributed by atoms with E-state index >= 15 is 0 Å². The van der Waals surface area contributed by atoms with Crippen molar-refractivity contribution in [2.24, 2.45) is 0 Å². The minimum Gasteiger partial charge on any atom is -0.465 e. The quantitative estimate of drug-likeness (QED) is 0.390. The normalized spacial score (nSPS) is 14.4. The second kappa shape index (κ2) is 11.5. The molecule has 0 saturated heterocycles. The number of anilines is 2. The molecule has 1 aliphatic rings. The first-order chi connectivity index (χ1) is 16.2. The monoisotopic (exact) mass is 474 g/mol. The second-order valence-corrected chi connectivity index (χ2v) is 9.69. The van der Waals surface area contributed by atoms with E-state index in [0.717, 1.165) is 44.9 Å². The fraction of sp³-hybridized carbons (Fsp3) is 0.708. The van der Waals surface area contributed by atoms with Gasteiger partial charge in [0.05, 0.1) is 12.9 Å². The zero-order chi connectivity index (χ0) is 24.7. The zero-order valence-corrected chi connectivity index (χ0v) is 21.1. The van der Waals surface area contributed by atoms with Gasteiger partial charge in [-0.15, -0.1) is 0 Å². The number of carbonyl (C=O) groups excluding carboxylic acids is 2. The molecule has 10 heteroatoms. The van der Waals surface area contributed by atoms with Crippen LogP contribution in [0.25, 0.3) is 11.2 Å². The van der Waals surface area contributed by atoms with Crippen molar-refractivity contribution < 1.29 is 19.1 Å². The summed E-state index contributed by atoms with van der Waals surface area (Å²) >= 11 is 0. The van der Waals surface area contributed by atoms with Gasteiger partial charge in [-0.05, 0) is 47.0 Å². The lowest BCUT2D eigenvalue weighted by molar-refractivity contribution is -0.143. The molecule has 1 N–H and O–H groups in total. The number of amides is 1. The van der Waals surface area contributed by atoms with Crippen molar-refractivity contribution in [1.82, 2.24) is 19.5 Å². The predicted molar refractivity (Wildman–Crippen MR) is 131 cm³/mol. The van der Waals surface area contributed by atoms with Crippen LogP contribution in [-0.4, -0.2) is 56.4 Å². The second-order valence-electron chi connectivity index (χ2n) is 9.69. The number of esters is 1. The molecule has 0 unspecified atom stereocenters. The molecule has 2 heterocycles. The average molecular weight is 475 g/mol. The number of hydrogen-bond donors (Lipinski definition) is 1. The number of imidazole rings is 1. The van der Waals surface area contributed by atoms with E-state index in [0.29, 0.717) is 30.1 Å². The van der Waals surface area contributed by atoms with Crippen molar-refractivity contribution in [3.63, 3.8) is 0 Å². The van der Waals surface area contributed by atoms with Gasteiger partial charge in [0.1, 0.15) is 12.1 Å². The van der Waals surface area contributed by atoms with Gasteiger partial charge in [0, 0.05) is 12.6 Å². The molecule has 0 bridgehead atoms. The zero-order valence-electron chi connectivity index (χ0n) is 21.1. The Morgan fingerprint density at radius 2 is 1.91 bits per heavy atom. The maximum atomic E-state index is 13.1. The molecule has 10 nitrogen and oxygen atoms in total. The smallest absolute Gasteiger partial charge is 0.417 e. The Balaban J connectivity index is 2.03. The van der Waals surface area contributed by atoms with Gasteiger partial charge >= 0.3 is 12.1 Å². The van der Waals surface area contributed by atoms with Crippen molar-refractivity contribution in [3.8, 4) is 0 Å². The van der Waals surface area contributed by atoms with E-state index in [1.54, 1.807) is 17.8 Å². The van der Waals surface area contributed by atoms with Crippen LogP contribution < -0.4 is 10.2 Å². The Morgan fingerprint density at radius 1 is 1.18 bits per heavy atom. The van der Waals surface area contributed by atoms with Crippen LogP contribution in [0.4, 0.5) is 16.6 Å². The van der Waals surface area contributed by atoms with E-state index < -0.39 is 11.7 Å². The summed E-state index contributed by atoms with van der Waals surface area (Å²) in [4.78, 5) is 40.7. The molecule has 0 radical (unpaired) electrons. The molecule has 3 rings (SSSR count). The van der Waals surface area contributed by atoms with Crippen molar-refractivity contribution in [3.05, 3.63) is 6.33 Å². The van der Waals surface area contributed by atoms with Gasteiger partial charge in [-0.2, -0.15) is 9.97 Å². The lowest BCUT2D eigenvalue weighted by Gasteiger charge is -2.26. The summed E-state index contributed by atoms with van der Waals surface area (Å²) < 4.78 is 12.4. The van der Waals surface area contributed by atoms with Gasteiger partial charge in [0.15, 0.2) is 17.0 Å². The van der Waals surface area contributed by atoms with Crippen LogP contribution in [0.1, 0.15) is 79.6 Å². The number of ether oxygens (including phenoxy) is 2. The van der Waals surface area contributed by atoms with Gasteiger partial charge in [0.25, 0.3) is 0 Å². The Morgan fingerprint density at radius 3 is 2.56 bits per heavy atom. The van der Waals surface area contributed by atoms with Crippen LogP contribution in [0, 0.1) is 0 Å². The van der Waals surface area contributed by atoms with Gasteiger partial charge in [-0.3, -0.25) is 4.79 Å². The SMILES string of the molecule is CCCCCN(C(=O)OC(C)(C)C)c1nc(NC2CCCC2)c2ncn(CC(=O)OCC)c2n1. The summed E-state index contributed by atoms with van der Waals surface area (Å²) in [5.74, 6) is 0.432. The first-order valence-corrected chi connectivity index (χ1v) is 12.4. The molecule has 188 valence electrons. The molecule has 0 atom stereocenters. The summed E-state index contributed by atoms with van der Waals surface area (Å²) in [5.41, 5.74) is 0.390. The predicted octanol–water partition coefficient (Wildman–Crippen LogP) is 4.68. The fourth-order valence-corrected chi connectivity index (χ4v) is 3.99. The summed E-state index contributed by atoms with van der Waals surface area (Å²) in [7, 11) is 0. The third-order valence-electron chi connectivity index (χ3n) is 5.59. The lowest BCUT2D eigenvalue weighted by atomic mass is 10.2. The van der Waals surface area contributed by atoms with Crippen molar-refractivity contribution in [2.75, 3.05) is 23.4 Å². The van der Waals surface area contributed by atoms with Crippen LogP contribution in [0.3, 0.4) is 0 Å². The van der Waals surface area contributed by atoms with Gasteiger partial charge in [-0.25, -0.2) is 14.7 Å². The molecule has 1 amide bonds. The highest BCUT2D eigenvalue weighted by Crippen LogP contribution is 2.28. The molecule has 1 fully saturated rings. The fourth-order valence-electron chi connectivity index (χ4n) is 3.99. The van der Waals surface area contributed by atoms with E-state index in [-0.39, 0.29) is 24.5 Å². The van der Waals surface area contributed by atoms with Gasteiger partial charge < -0.3 is 19.4 Å². The molecule has 2 aromatic heterocycles. The highest BCUT2D eigenvalue weighted by molar-refractivity contribution is 5.90. The average Bonchev–Trinajstić information content (AvgIpc) is 3.40. The number of fused-ring (bicyclic) bond motifs is 1. The number of nitrogens with one attached hydrogen (secondary N) is 1. The standard InChI is InChI=1S/C24H38N6O4/c1-6-8-11-14-30(23(32)34-24(3,4)5)22-27-20(26-17-12-9-10-13-17)19-21(28-22)29(16-25-19)15-18(31)33-7-2/h16-17H,6-15H2,1-5H3,(H,26,27,28). The molecule has 1 saturated carbocycles. The third-order valence-corrected chi connectivity index (χ3v) is 5.59. The van der Waals surface area contributed by atoms with Gasteiger partial charge in [-0.1, -0.05) is 32.6 Å². The van der Waals surface area contributed by atoms with Crippen molar-refractivity contribution in [2.45, 2.75) is 97.8 Å². The first kappa shape index (κ1) is 25.7. The molecule has 2 aromatic rings. The number of carbonyl (C=O) groups is 2. The highest BCUT2D eigenvalue weighted by Gasteiger charge is 2.28. The van der Waals surface area contributed by atoms with Crippen LogP contribution in [0.15, 0.2) is 6.33 Å². The molecule has 0 aliphatic heterocycles. The van der Waals surface area contributed by atoms with E-state index in [1.165, 1.54) is 4.90 Å². The number of unbranched alkanes of at least 4 members (excludes halogenated alkanes) is 2.